The molecule has 122 valence electrons. The van der Waals surface area contributed by atoms with Gasteiger partial charge in [-0.05, 0) is 49.4 Å². The van der Waals surface area contributed by atoms with E-state index in [1.807, 2.05) is 0 Å². The quantitative estimate of drug-likeness (QED) is 0.928. The second-order valence-electron chi connectivity index (χ2n) is 5.65. The van der Waals surface area contributed by atoms with E-state index in [9.17, 15) is 18.0 Å². The number of carbonyl (C=O) groups excluding carboxylic acids is 1. The number of benzene rings is 1. The van der Waals surface area contributed by atoms with Crippen LogP contribution in [0.15, 0.2) is 22.7 Å². The highest BCUT2D eigenvalue weighted by molar-refractivity contribution is 5.92. The number of amides is 1. The Balaban J connectivity index is 1.75. The zero-order valence-electron chi connectivity index (χ0n) is 12.3. The summed E-state index contributed by atoms with van der Waals surface area (Å²) in [6.07, 6.45) is -1.99. The molecule has 1 amide bonds. The minimum atomic E-state index is -4.67. The minimum absolute atomic E-state index is 0.0535. The summed E-state index contributed by atoms with van der Waals surface area (Å²) in [4.78, 5) is 15.1. The molecule has 0 unspecified atom stereocenters. The summed E-state index contributed by atoms with van der Waals surface area (Å²) >= 11 is 0. The second kappa shape index (κ2) is 5.68. The van der Waals surface area contributed by atoms with Crippen LogP contribution in [0.25, 0.3) is 11.4 Å². The van der Waals surface area contributed by atoms with Gasteiger partial charge in [-0.2, -0.15) is 18.2 Å². The third-order valence-electron chi connectivity index (χ3n) is 3.60. The predicted octanol–water partition coefficient (Wildman–Crippen LogP) is 3.80. The van der Waals surface area contributed by atoms with E-state index in [0.717, 1.165) is 12.8 Å². The summed E-state index contributed by atoms with van der Waals surface area (Å²) in [5.74, 6) is -1.10. The van der Waals surface area contributed by atoms with Crippen molar-refractivity contribution in [1.82, 2.24) is 10.1 Å². The number of hydrogen-bond donors (Lipinski definition) is 1. The van der Waals surface area contributed by atoms with Gasteiger partial charge < -0.3 is 9.84 Å². The van der Waals surface area contributed by atoms with Crippen LogP contribution in [0.2, 0.25) is 0 Å². The van der Waals surface area contributed by atoms with Gasteiger partial charge in [0.15, 0.2) is 0 Å². The lowest BCUT2D eigenvalue weighted by Crippen LogP contribution is -2.12. The smallest absolute Gasteiger partial charge is 0.329 e. The zero-order valence-corrected chi connectivity index (χ0v) is 12.3. The van der Waals surface area contributed by atoms with Gasteiger partial charge in [0.1, 0.15) is 0 Å². The standard InChI is InChI=1S/C15H14F3N3O2/c1-8-6-10(13-20-14(23-21-13)15(16,17)18)4-5-11(8)19-12(22)7-9-2-3-9/h4-6,9H,2-3,7H2,1H3,(H,19,22). The van der Waals surface area contributed by atoms with E-state index in [4.69, 9.17) is 0 Å². The van der Waals surface area contributed by atoms with Crippen LogP contribution in [0.3, 0.4) is 0 Å². The molecule has 0 spiro atoms. The third kappa shape index (κ3) is 3.69. The predicted molar refractivity (Wildman–Crippen MR) is 75.4 cm³/mol. The van der Waals surface area contributed by atoms with Crippen LogP contribution in [0, 0.1) is 12.8 Å². The van der Waals surface area contributed by atoms with Gasteiger partial charge in [0.05, 0.1) is 0 Å². The number of nitrogens with zero attached hydrogens (tertiary/aromatic N) is 2. The number of aromatic nitrogens is 2. The molecule has 1 heterocycles. The van der Waals surface area contributed by atoms with E-state index >= 15 is 0 Å². The first-order chi connectivity index (χ1) is 10.8. The van der Waals surface area contributed by atoms with Gasteiger partial charge in [-0.15, -0.1) is 0 Å². The molecular weight excluding hydrogens is 311 g/mol. The van der Waals surface area contributed by atoms with Crippen molar-refractivity contribution in [2.45, 2.75) is 32.4 Å². The Morgan fingerprint density at radius 1 is 1.39 bits per heavy atom. The van der Waals surface area contributed by atoms with Gasteiger partial charge in [-0.1, -0.05) is 5.16 Å². The summed E-state index contributed by atoms with van der Waals surface area (Å²) in [5, 5.41) is 6.15. The molecule has 0 bridgehead atoms. The molecular formula is C15H14F3N3O2. The van der Waals surface area contributed by atoms with Gasteiger partial charge in [0.25, 0.3) is 0 Å². The van der Waals surface area contributed by atoms with Gasteiger partial charge in [0, 0.05) is 17.7 Å². The van der Waals surface area contributed by atoms with Gasteiger partial charge >= 0.3 is 12.1 Å². The first-order valence-corrected chi connectivity index (χ1v) is 7.14. The maximum absolute atomic E-state index is 12.5. The fourth-order valence-corrected chi connectivity index (χ4v) is 2.18. The molecule has 23 heavy (non-hydrogen) atoms. The molecule has 0 radical (unpaired) electrons. The van der Waals surface area contributed by atoms with Crippen molar-refractivity contribution in [3.8, 4) is 11.4 Å². The monoisotopic (exact) mass is 325 g/mol. The summed E-state index contributed by atoms with van der Waals surface area (Å²) in [6, 6.07) is 4.78. The molecule has 0 atom stereocenters. The highest BCUT2D eigenvalue weighted by Crippen LogP contribution is 2.33. The molecule has 5 nitrogen and oxygen atoms in total. The number of aryl methyl sites for hydroxylation is 1. The molecule has 0 aliphatic heterocycles. The number of carbonyl (C=O) groups is 1. The van der Waals surface area contributed by atoms with E-state index in [1.54, 1.807) is 25.1 Å². The number of nitrogens with one attached hydrogen (secondary N) is 1. The maximum atomic E-state index is 12.5. The van der Waals surface area contributed by atoms with Crippen molar-refractivity contribution in [3.63, 3.8) is 0 Å². The average Bonchev–Trinajstić information content (AvgIpc) is 3.12. The molecule has 1 aromatic carbocycles. The number of hydrogen-bond acceptors (Lipinski definition) is 4. The van der Waals surface area contributed by atoms with E-state index in [0.29, 0.717) is 29.2 Å². The van der Waals surface area contributed by atoms with Crippen LogP contribution >= 0.6 is 0 Å². The third-order valence-corrected chi connectivity index (χ3v) is 3.60. The van der Waals surface area contributed by atoms with Crippen LogP contribution in [-0.2, 0) is 11.0 Å². The second-order valence-corrected chi connectivity index (χ2v) is 5.65. The Morgan fingerprint density at radius 3 is 2.70 bits per heavy atom. The molecule has 1 aliphatic carbocycles. The SMILES string of the molecule is Cc1cc(-c2noc(C(F)(F)F)n2)ccc1NC(=O)CC1CC1. The Labute approximate surface area is 129 Å². The minimum Gasteiger partial charge on any atom is -0.329 e. The number of anilines is 1. The summed E-state index contributed by atoms with van der Waals surface area (Å²) < 4.78 is 41.6. The molecule has 3 rings (SSSR count). The fourth-order valence-electron chi connectivity index (χ4n) is 2.18. The summed E-state index contributed by atoms with van der Waals surface area (Å²) in [7, 11) is 0. The normalized spacial score (nSPS) is 14.8. The first-order valence-electron chi connectivity index (χ1n) is 7.14. The number of halogens is 3. The molecule has 1 saturated carbocycles. The summed E-state index contributed by atoms with van der Waals surface area (Å²) in [5.41, 5.74) is 1.73. The van der Waals surface area contributed by atoms with E-state index in [2.05, 4.69) is 20.0 Å². The van der Waals surface area contributed by atoms with E-state index < -0.39 is 12.1 Å². The van der Waals surface area contributed by atoms with Crippen LogP contribution in [-0.4, -0.2) is 16.0 Å². The van der Waals surface area contributed by atoms with Crippen LogP contribution in [0.1, 0.15) is 30.7 Å². The lowest BCUT2D eigenvalue weighted by Gasteiger charge is -2.09. The van der Waals surface area contributed by atoms with Crippen molar-refractivity contribution in [1.29, 1.82) is 0 Å². The Kier molecular flexibility index (Phi) is 3.83. The number of alkyl halides is 3. The summed E-state index contributed by atoms with van der Waals surface area (Å²) in [6.45, 7) is 1.75. The van der Waals surface area contributed by atoms with Crippen molar-refractivity contribution < 1.29 is 22.5 Å². The molecule has 2 aromatic rings. The van der Waals surface area contributed by atoms with Gasteiger partial charge in [-0.25, -0.2) is 0 Å². The molecule has 1 N–H and O–H groups in total. The zero-order chi connectivity index (χ0) is 16.6. The molecule has 0 saturated heterocycles. The van der Waals surface area contributed by atoms with Crippen molar-refractivity contribution in [2.75, 3.05) is 5.32 Å². The Hall–Kier alpha value is -2.38. The van der Waals surface area contributed by atoms with Crippen molar-refractivity contribution >= 4 is 11.6 Å². The maximum Gasteiger partial charge on any atom is 0.471 e. The average molecular weight is 325 g/mol. The Morgan fingerprint density at radius 2 is 2.13 bits per heavy atom. The van der Waals surface area contributed by atoms with Crippen molar-refractivity contribution in [3.05, 3.63) is 29.7 Å². The molecule has 1 aromatic heterocycles. The Bertz CT molecular complexity index is 736. The largest absolute Gasteiger partial charge is 0.471 e. The first kappa shape index (κ1) is 15.5. The van der Waals surface area contributed by atoms with E-state index in [-0.39, 0.29) is 11.7 Å². The van der Waals surface area contributed by atoms with Crippen LogP contribution < -0.4 is 5.32 Å². The number of rotatable bonds is 4. The molecule has 1 aliphatic rings. The van der Waals surface area contributed by atoms with E-state index in [1.165, 1.54) is 0 Å². The van der Waals surface area contributed by atoms with Crippen molar-refractivity contribution in [2.24, 2.45) is 5.92 Å². The molecule has 8 heteroatoms. The highest BCUT2D eigenvalue weighted by atomic mass is 19.4. The van der Waals surface area contributed by atoms with Gasteiger partial charge in [0.2, 0.25) is 11.7 Å². The lowest BCUT2D eigenvalue weighted by atomic mass is 10.1. The van der Waals surface area contributed by atoms with Crippen LogP contribution in [0.4, 0.5) is 18.9 Å². The topological polar surface area (TPSA) is 68.0 Å². The lowest BCUT2D eigenvalue weighted by molar-refractivity contribution is -0.159. The fraction of sp³-hybridized carbons (Fsp3) is 0.400. The molecule has 1 fully saturated rings. The van der Waals surface area contributed by atoms with Crippen LogP contribution in [0.5, 0.6) is 0 Å². The highest BCUT2D eigenvalue weighted by Gasteiger charge is 2.38. The van der Waals surface area contributed by atoms with Gasteiger partial charge in [-0.3, -0.25) is 4.79 Å².